The molecule has 1 aromatic carbocycles. The van der Waals surface area contributed by atoms with Gasteiger partial charge in [0.2, 0.25) is 9.84 Å². The number of halogens is 2. The number of nitrogens with zero attached hydrogens (tertiary/aromatic N) is 1. The Bertz CT molecular complexity index is 604. The van der Waals surface area contributed by atoms with Crippen molar-refractivity contribution in [2.75, 3.05) is 18.4 Å². The normalized spacial score (nSPS) is 26.2. The molecule has 1 aromatic rings. The second kappa shape index (κ2) is 5.53. The van der Waals surface area contributed by atoms with Crippen LogP contribution in [-0.4, -0.2) is 44.2 Å². The quantitative estimate of drug-likeness (QED) is 0.926. The van der Waals surface area contributed by atoms with Crippen molar-refractivity contribution in [1.29, 1.82) is 0 Å². The minimum absolute atomic E-state index is 0.336. The van der Waals surface area contributed by atoms with Crippen molar-refractivity contribution in [3.05, 3.63) is 24.3 Å². The second-order valence-electron chi connectivity index (χ2n) is 5.62. The van der Waals surface area contributed by atoms with Crippen molar-refractivity contribution in [3.8, 4) is 0 Å². The third-order valence-electron chi connectivity index (χ3n) is 4.38. The number of benzene rings is 1. The molecule has 0 radical (unpaired) electrons. The van der Waals surface area contributed by atoms with E-state index < -0.39 is 15.6 Å². The minimum Gasteiger partial charge on any atom is -0.381 e. The summed E-state index contributed by atoms with van der Waals surface area (Å²) in [5.74, 6) is -3.38. The van der Waals surface area contributed by atoms with Crippen molar-refractivity contribution in [1.82, 2.24) is 4.90 Å². The highest BCUT2D eigenvalue weighted by atomic mass is 32.2. The van der Waals surface area contributed by atoms with E-state index in [2.05, 4.69) is 10.2 Å². The molecule has 2 atom stereocenters. The summed E-state index contributed by atoms with van der Waals surface area (Å²) in [6.07, 6.45) is 3.45. The minimum atomic E-state index is -4.50. The Morgan fingerprint density at radius 2 is 1.86 bits per heavy atom. The van der Waals surface area contributed by atoms with E-state index >= 15 is 0 Å². The van der Waals surface area contributed by atoms with Gasteiger partial charge in [-0.2, -0.15) is 8.78 Å². The zero-order valence-electron chi connectivity index (χ0n) is 11.5. The Balaban J connectivity index is 1.71. The van der Waals surface area contributed by atoms with Gasteiger partial charge >= 0.3 is 5.76 Å². The number of alkyl halides is 2. The smallest absolute Gasteiger partial charge is 0.341 e. The molecular formula is C14H18F2N2O2S. The highest BCUT2D eigenvalue weighted by Gasteiger charge is 2.37. The van der Waals surface area contributed by atoms with Crippen LogP contribution in [0.1, 0.15) is 19.3 Å². The maximum Gasteiger partial charge on any atom is 0.341 e. The van der Waals surface area contributed by atoms with E-state index in [-0.39, 0.29) is 4.90 Å². The summed E-state index contributed by atoms with van der Waals surface area (Å²) in [4.78, 5) is 2.13. The molecule has 2 heterocycles. The number of rotatable bonds is 4. The molecule has 116 valence electrons. The van der Waals surface area contributed by atoms with Gasteiger partial charge in [-0.3, -0.25) is 4.90 Å². The van der Waals surface area contributed by atoms with Gasteiger partial charge in [0.1, 0.15) is 0 Å². The number of hydrogen-bond acceptors (Lipinski definition) is 4. The predicted octanol–water partition coefficient (Wildman–Crippen LogP) is 2.33. The third-order valence-corrected chi connectivity index (χ3v) is 5.77. The van der Waals surface area contributed by atoms with E-state index in [9.17, 15) is 17.2 Å². The van der Waals surface area contributed by atoms with E-state index in [1.807, 2.05) is 0 Å². The lowest BCUT2D eigenvalue weighted by Crippen LogP contribution is -2.33. The van der Waals surface area contributed by atoms with Crippen molar-refractivity contribution in [2.24, 2.45) is 0 Å². The lowest BCUT2D eigenvalue weighted by molar-refractivity contribution is 0.234. The molecule has 1 N–H and O–H groups in total. The first-order valence-electron chi connectivity index (χ1n) is 7.11. The first-order chi connectivity index (χ1) is 9.98. The molecule has 3 rings (SSSR count). The van der Waals surface area contributed by atoms with Gasteiger partial charge in [-0.05, 0) is 50.1 Å². The summed E-state index contributed by atoms with van der Waals surface area (Å²) >= 11 is 0. The Morgan fingerprint density at radius 3 is 2.52 bits per heavy atom. The molecule has 2 unspecified atom stereocenters. The average Bonchev–Trinajstić information content (AvgIpc) is 3.04. The number of sulfone groups is 1. The molecule has 4 nitrogen and oxygen atoms in total. The summed E-state index contributed by atoms with van der Waals surface area (Å²) in [7, 11) is -4.50. The van der Waals surface area contributed by atoms with Crippen molar-refractivity contribution in [2.45, 2.75) is 42.0 Å². The lowest BCUT2D eigenvalue weighted by Gasteiger charge is -2.22. The van der Waals surface area contributed by atoms with E-state index in [1.165, 1.54) is 25.0 Å². The molecule has 2 aliphatic heterocycles. The molecule has 0 amide bonds. The fraction of sp³-hybridized carbons (Fsp3) is 0.571. The highest BCUT2D eigenvalue weighted by molar-refractivity contribution is 7.91. The molecule has 0 aliphatic carbocycles. The summed E-state index contributed by atoms with van der Waals surface area (Å²) in [6, 6.07) is 6.50. The maximum atomic E-state index is 12.5. The lowest BCUT2D eigenvalue weighted by atomic mass is 10.1. The van der Waals surface area contributed by atoms with Gasteiger partial charge in [-0.25, -0.2) is 8.42 Å². The van der Waals surface area contributed by atoms with E-state index in [0.29, 0.717) is 12.1 Å². The Kier molecular flexibility index (Phi) is 3.88. The first-order valence-corrected chi connectivity index (χ1v) is 8.66. The van der Waals surface area contributed by atoms with Crippen LogP contribution < -0.4 is 5.32 Å². The standard InChI is InChI=1S/C14H18F2N2O2S/c15-14(16)21(19,20)11-5-3-10(4-6-11)17-12-7-9-18-8-1-2-13(12)18/h3-6,12-14,17H,1-2,7-9H2. The molecule has 7 heteroatoms. The monoisotopic (exact) mass is 316 g/mol. The summed E-state index contributed by atoms with van der Waals surface area (Å²) in [5, 5.41) is 3.40. The van der Waals surface area contributed by atoms with Crippen molar-refractivity contribution >= 4 is 15.5 Å². The molecular weight excluding hydrogens is 298 g/mol. The van der Waals surface area contributed by atoms with E-state index in [1.54, 1.807) is 12.1 Å². The van der Waals surface area contributed by atoms with Gasteiger partial charge in [-0.1, -0.05) is 0 Å². The molecule has 0 aromatic heterocycles. The number of anilines is 1. The largest absolute Gasteiger partial charge is 0.381 e. The van der Waals surface area contributed by atoms with Crippen LogP contribution in [0.2, 0.25) is 0 Å². The summed E-state index contributed by atoms with van der Waals surface area (Å²) in [6.45, 7) is 2.23. The fourth-order valence-electron chi connectivity index (χ4n) is 3.31. The van der Waals surface area contributed by atoms with Gasteiger partial charge < -0.3 is 5.32 Å². The van der Waals surface area contributed by atoms with Crippen LogP contribution >= 0.6 is 0 Å². The fourth-order valence-corrected chi connectivity index (χ4v) is 4.03. The molecule has 0 spiro atoms. The SMILES string of the molecule is O=S(=O)(c1ccc(NC2CCN3CCCC23)cc1)C(F)F. The van der Waals surface area contributed by atoms with Crippen molar-refractivity contribution < 1.29 is 17.2 Å². The molecule has 2 fully saturated rings. The van der Waals surface area contributed by atoms with Crippen LogP contribution in [0.15, 0.2) is 29.2 Å². The van der Waals surface area contributed by atoms with Gasteiger partial charge in [-0.15, -0.1) is 0 Å². The van der Waals surface area contributed by atoms with Crippen LogP contribution in [0.3, 0.4) is 0 Å². The predicted molar refractivity (Wildman–Crippen MR) is 76.3 cm³/mol. The number of nitrogens with one attached hydrogen (secondary N) is 1. The number of fused-ring (bicyclic) bond motifs is 1. The van der Waals surface area contributed by atoms with Gasteiger partial charge in [0.05, 0.1) is 4.90 Å². The second-order valence-corrected chi connectivity index (χ2v) is 7.53. The van der Waals surface area contributed by atoms with E-state index in [4.69, 9.17) is 0 Å². The van der Waals surface area contributed by atoms with Crippen LogP contribution in [0.5, 0.6) is 0 Å². The van der Waals surface area contributed by atoms with Crippen LogP contribution in [0.25, 0.3) is 0 Å². The first kappa shape index (κ1) is 14.7. The van der Waals surface area contributed by atoms with E-state index in [0.717, 1.165) is 25.2 Å². The Hall–Kier alpha value is -1.21. The average molecular weight is 316 g/mol. The van der Waals surface area contributed by atoms with Gasteiger partial charge in [0.15, 0.2) is 0 Å². The molecule has 2 aliphatic rings. The van der Waals surface area contributed by atoms with Gasteiger partial charge in [0.25, 0.3) is 0 Å². The van der Waals surface area contributed by atoms with Crippen molar-refractivity contribution in [3.63, 3.8) is 0 Å². The molecule has 21 heavy (non-hydrogen) atoms. The highest BCUT2D eigenvalue weighted by Crippen LogP contribution is 2.30. The van der Waals surface area contributed by atoms with Crippen LogP contribution in [-0.2, 0) is 9.84 Å². The summed E-state index contributed by atoms with van der Waals surface area (Å²) in [5.41, 5.74) is 0.780. The summed E-state index contributed by atoms with van der Waals surface area (Å²) < 4.78 is 47.6. The number of hydrogen-bond donors (Lipinski definition) is 1. The van der Waals surface area contributed by atoms with Crippen LogP contribution in [0.4, 0.5) is 14.5 Å². The third kappa shape index (κ3) is 2.76. The van der Waals surface area contributed by atoms with Crippen LogP contribution in [0, 0.1) is 0 Å². The molecule has 0 saturated carbocycles. The topological polar surface area (TPSA) is 49.4 Å². The zero-order chi connectivity index (χ0) is 15.0. The zero-order valence-corrected chi connectivity index (χ0v) is 12.3. The maximum absolute atomic E-state index is 12.5. The Labute approximate surface area is 123 Å². The molecule has 2 saturated heterocycles. The Morgan fingerprint density at radius 1 is 1.14 bits per heavy atom. The molecule has 0 bridgehead atoms. The van der Waals surface area contributed by atoms with Gasteiger partial charge in [0, 0.05) is 24.3 Å².